The van der Waals surface area contributed by atoms with E-state index < -0.39 is 0 Å². The molecule has 0 saturated heterocycles. The second-order valence-corrected chi connectivity index (χ2v) is 7.37. The maximum Gasteiger partial charge on any atom is 0.276 e. The molecule has 0 bridgehead atoms. The van der Waals surface area contributed by atoms with E-state index in [1.807, 2.05) is 19.1 Å². The van der Waals surface area contributed by atoms with Crippen LogP contribution in [0.15, 0.2) is 67.1 Å². The molecule has 0 saturated carbocycles. The van der Waals surface area contributed by atoms with Gasteiger partial charge in [-0.05, 0) is 54.4 Å². The Morgan fingerprint density at radius 1 is 1.19 bits per heavy atom. The fourth-order valence-corrected chi connectivity index (χ4v) is 3.22. The van der Waals surface area contributed by atoms with Crippen LogP contribution in [0.4, 0.5) is 10.1 Å². The van der Waals surface area contributed by atoms with Gasteiger partial charge < -0.3 is 10.1 Å². The highest BCUT2D eigenvalue weighted by atomic mass is 35.5. The van der Waals surface area contributed by atoms with Crippen molar-refractivity contribution in [2.75, 3.05) is 5.32 Å². The summed E-state index contributed by atoms with van der Waals surface area (Å²) in [5.41, 5.74) is 2.45. The lowest BCUT2D eigenvalue weighted by Gasteiger charge is -2.09. The lowest BCUT2D eigenvalue weighted by Crippen LogP contribution is -2.14. The molecule has 2 aromatic carbocycles. The fraction of sp³-hybridized carbons (Fsp3) is 0.136. The van der Waals surface area contributed by atoms with Gasteiger partial charge in [0.2, 0.25) is 0 Å². The highest BCUT2D eigenvalue weighted by molar-refractivity contribution is 6.30. The van der Waals surface area contributed by atoms with Gasteiger partial charge in [-0.15, -0.1) is 0 Å². The van der Waals surface area contributed by atoms with E-state index in [0.717, 1.165) is 11.1 Å². The van der Waals surface area contributed by atoms with Crippen LogP contribution in [0.2, 0.25) is 5.02 Å². The van der Waals surface area contributed by atoms with Gasteiger partial charge >= 0.3 is 0 Å². The molecular formula is C22H19ClFN5O2. The van der Waals surface area contributed by atoms with E-state index in [4.69, 9.17) is 16.3 Å². The zero-order valence-electron chi connectivity index (χ0n) is 16.6. The van der Waals surface area contributed by atoms with Gasteiger partial charge in [0.05, 0.1) is 18.4 Å². The van der Waals surface area contributed by atoms with Gasteiger partial charge in [-0.25, -0.2) is 9.07 Å². The van der Waals surface area contributed by atoms with E-state index in [9.17, 15) is 9.18 Å². The van der Waals surface area contributed by atoms with Gasteiger partial charge in [-0.1, -0.05) is 23.7 Å². The second-order valence-electron chi connectivity index (χ2n) is 6.93. The first kappa shape index (κ1) is 20.6. The van der Waals surface area contributed by atoms with E-state index in [2.05, 4.69) is 15.5 Å². The minimum absolute atomic E-state index is 0.154. The summed E-state index contributed by atoms with van der Waals surface area (Å²) < 4.78 is 22.2. The first-order valence-corrected chi connectivity index (χ1v) is 9.85. The normalized spacial score (nSPS) is 10.8. The monoisotopic (exact) mass is 439 g/mol. The van der Waals surface area contributed by atoms with Gasteiger partial charge in [0.1, 0.15) is 11.6 Å². The first-order chi connectivity index (χ1) is 15.0. The quantitative estimate of drug-likeness (QED) is 0.459. The van der Waals surface area contributed by atoms with Crippen molar-refractivity contribution in [2.45, 2.75) is 20.2 Å². The Morgan fingerprint density at radius 2 is 2.06 bits per heavy atom. The predicted octanol–water partition coefficient (Wildman–Crippen LogP) is 4.52. The van der Waals surface area contributed by atoms with Crippen LogP contribution in [-0.2, 0) is 13.3 Å². The summed E-state index contributed by atoms with van der Waals surface area (Å²) in [5.74, 6) is 0.0207. The topological polar surface area (TPSA) is 74.0 Å². The molecule has 2 heterocycles. The molecule has 1 N–H and O–H groups in total. The van der Waals surface area contributed by atoms with Crippen molar-refractivity contribution >= 4 is 23.2 Å². The number of aromatic nitrogens is 4. The van der Waals surface area contributed by atoms with Crippen LogP contribution in [-0.4, -0.2) is 25.5 Å². The van der Waals surface area contributed by atoms with Crippen molar-refractivity contribution in [2.24, 2.45) is 0 Å². The number of ether oxygens (including phenoxy) is 1. The molecular weight excluding hydrogens is 421 g/mol. The van der Waals surface area contributed by atoms with Crippen molar-refractivity contribution in [3.8, 4) is 5.75 Å². The molecule has 4 rings (SSSR count). The molecule has 31 heavy (non-hydrogen) atoms. The van der Waals surface area contributed by atoms with E-state index in [1.54, 1.807) is 41.3 Å². The lowest BCUT2D eigenvalue weighted by atomic mass is 10.2. The molecule has 0 fully saturated rings. The van der Waals surface area contributed by atoms with Gasteiger partial charge in [0.25, 0.3) is 5.91 Å². The fourth-order valence-electron chi connectivity index (χ4n) is 3.00. The SMILES string of the molecule is Cc1cc(Cl)ccc1OCn1ccc(C(=O)Nc2cnn(Cc3cccc(F)c3)c2)n1. The van der Waals surface area contributed by atoms with Crippen molar-refractivity contribution in [3.63, 3.8) is 0 Å². The number of carbonyl (C=O) groups excluding carboxylic acids is 1. The molecule has 0 aliphatic heterocycles. The number of nitrogens with zero attached hydrogens (tertiary/aromatic N) is 4. The molecule has 2 aromatic heterocycles. The molecule has 4 aromatic rings. The van der Waals surface area contributed by atoms with Gasteiger partial charge in [-0.2, -0.15) is 10.2 Å². The Morgan fingerprint density at radius 3 is 2.87 bits per heavy atom. The third-order valence-corrected chi connectivity index (χ3v) is 4.72. The maximum atomic E-state index is 13.3. The number of carbonyl (C=O) groups is 1. The summed E-state index contributed by atoms with van der Waals surface area (Å²) in [7, 11) is 0. The highest BCUT2D eigenvalue weighted by Gasteiger charge is 2.12. The average molecular weight is 440 g/mol. The molecule has 158 valence electrons. The van der Waals surface area contributed by atoms with E-state index >= 15 is 0 Å². The second kappa shape index (κ2) is 9.01. The molecule has 0 radical (unpaired) electrons. The molecule has 0 spiro atoms. The number of rotatable bonds is 7. The largest absolute Gasteiger partial charge is 0.471 e. The molecule has 1 amide bonds. The number of hydrogen-bond donors (Lipinski definition) is 1. The Labute approximate surface area is 183 Å². The maximum absolute atomic E-state index is 13.3. The van der Waals surface area contributed by atoms with Crippen LogP contribution >= 0.6 is 11.6 Å². The van der Waals surface area contributed by atoms with Gasteiger partial charge in [0, 0.05) is 17.4 Å². The third-order valence-electron chi connectivity index (χ3n) is 4.49. The number of nitrogens with one attached hydrogen (secondary N) is 1. The average Bonchev–Trinajstić information content (AvgIpc) is 3.37. The van der Waals surface area contributed by atoms with Gasteiger partial charge in [-0.3, -0.25) is 9.48 Å². The van der Waals surface area contributed by atoms with Crippen molar-refractivity contribution in [3.05, 3.63) is 94.8 Å². The summed E-state index contributed by atoms with van der Waals surface area (Å²) in [6.07, 6.45) is 4.86. The summed E-state index contributed by atoms with van der Waals surface area (Å²) in [5, 5.41) is 11.8. The Bertz CT molecular complexity index is 1220. The summed E-state index contributed by atoms with van der Waals surface area (Å²) in [6.45, 7) is 2.45. The zero-order chi connectivity index (χ0) is 21.8. The molecule has 0 unspecified atom stereocenters. The highest BCUT2D eigenvalue weighted by Crippen LogP contribution is 2.22. The molecule has 7 nitrogen and oxygen atoms in total. The first-order valence-electron chi connectivity index (χ1n) is 9.47. The summed E-state index contributed by atoms with van der Waals surface area (Å²) >= 11 is 5.95. The lowest BCUT2D eigenvalue weighted by molar-refractivity contribution is 0.102. The van der Waals surface area contributed by atoms with Crippen LogP contribution < -0.4 is 10.1 Å². The van der Waals surface area contributed by atoms with E-state index in [0.29, 0.717) is 23.0 Å². The standard InChI is InChI=1S/C22H19ClFN5O2/c1-15-9-17(23)5-6-21(15)31-14-28-8-7-20(27-28)22(30)26-19-11-25-29(13-19)12-16-3-2-4-18(24)10-16/h2-11,13H,12,14H2,1H3,(H,26,30). The third kappa shape index (κ3) is 5.29. The minimum Gasteiger partial charge on any atom is -0.471 e. The molecule has 0 aliphatic rings. The van der Waals surface area contributed by atoms with Crippen LogP contribution in [0.1, 0.15) is 21.6 Å². The van der Waals surface area contributed by atoms with Crippen LogP contribution in [0.25, 0.3) is 0 Å². The van der Waals surface area contributed by atoms with E-state index in [1.165, 1.54) is 23.0 Å². The molecule has 9 heteroatoms. The van der Waals surface area contributed by atoms with Crippen LogP contribution in [0, 0.1) is 12.7 Å². The number of aryl methyl sites for hydroxylation is 1. The number of halogens is 2. The number of hydrogen-bond acceptors (Lipinski definition) is 4. The minimum atomic E-state index is -0.369. The zero-order valence-corrected chi connectivity index (χ0v) is 17.4. The van der Waals surface area contributed by atoms with Crippen molar-refractivity contribution in [1.82, 2.24) is 19.6 Å². The summed E-state index contributed by atoms with van der Waals surface area (Å²) in [6, 6.07) is 13.2. The van der Waals surface area contributed by atoms with E-state index in [-0.39, 0.29) is 24.1 Å². The smallest absolute Gasteiger partial charge is 0.276 e. The number of anilines is 1. The number of amides is 1. The van der Waals surface area contributed by atoms with Crippen LogP contribution in [0.3, 0.4) is 0 Å². The Balaban J connectivity index is 1.34. The van der Waals surface area contributed by atoms with Crippen molar-refractivity contribution < 1.29 is 13.9 Å². The van der Waals surface area contributed by atoms with Gasteiger partial charge in [0.15, 0.2) is 12.4 Å². The molecule has 0 aliphatic carbocycles. The predicted molar refractivity (Wildman–Crippen MR) is 115 cm³/mol. The Hall–Kier alpha value is -3.65. The summed E-state index contributed by atoms with van der Waals surface area (Å²) in [4.78, 5) is 12.5. The molecule has 0 atom stereocenters. The number of benzene rings is 2. The van der Waals surface area contributed by atoms with Crippen molar-refractivity contribution in [1.29, 1.82) is 0 Å². The Kier molecular flexibility index (Phi) is 5.99. The van der Waals surface area contributed by atoms with Crippen LogP contribution in [0.5, 0.6) is 5.75 Å².